The molecule has 0 atom stereocenters. The Morgan fingerprint density at radius 3 is 2.73 bits per heavy atom. The van der Waals surface area contributed by atoms with Gasteiger partial charge in [0, 0.05) is 0 Å². The maximum atomic E-state index is 10.2. The average Bonchev–Trinajstić information content (AvgIpc) is 2.27. The molecule has 0 aliphatic heterocycles. The van der Waals surface area contributed by atoms with Crippen LogP contribution in [0.1, 0.15) is 12.5 Å². The summed E-state index contributed by atoms with van der Waals surface area (Å²) in [7, 11) is 1.60. The third kappa shape index (κ3) is 3.13. The van der Waals surface area contributed by atoms with E-state index in [1.165, 1.54) is 6.08 Å². The predicted octanol–water partition coefficient (Wildman–Crippen LogP) is 2.31. The number of ether oxygens (including phenoxy) is 2. The van der Waals surface area contributed by atoms with E-state index in [0.717, 1.165) is 11.8 Å². The molecular formula is C12H14O3. The van der Waals surface area contributed by atoms with Crippen LogP contribution in [-0.4, -0.2) is 20.0 Å². The van der Waals surface area contributed by atoms with Crippen molar-refractivity contribution < 1.29 is 14.3 Å². The van der Waals surface area contributed by atoms with Gasteiger partial charge in [-0.1, -0.05) is 12.1 Å². The first-order valence-corrected chi connectivity index (χ1v) is 4.74. The van der Waals surface area contributed by atoms with Crippen molar-refractivity contribution in [3.05, 3.63) is 29.8 Å². The molecule has 0 aromatic heterocycles. The van der Waals surface area contributed by atoms with Crippen molar-refractivity contribution in [1.29, 1.82) is 0 Å². The van der Waals surface area contributed by atoms with Crippen LogP contribution < -0.4 is 9.47 Å². The number of aldehydes is 1. The number of benzene rings is 1. The quantitative estimate of drug-likeness (QED) is 0.547. The van der Waals surface area contributed by atoms with E-state index in [1.54, 1.807) is 13.2 Å². The summed E-state index contributed by atoms with van der Waals surface area (Å²) in [5, 5.41) is 0. The topological polar surface area (TPSA) is 35.5 Å². The van der Waals surface area contributed by atoms with Gasteiger partial charge in [0.1, 0.15) is 6.29 Å². The SMILES string of the molecule is CCOc1cc(C=CC=O)ccc1OC. The van der Waals surface area contributed by atoms with Gasteiger partial charge in [-0.15, -0.1) is 0 Å². The maximum Gasteiger partial charge on any atom is 0.161 e. The minimum atomic E-state index is 0.581. The zero-order valence-electron chi connectivity index (χ0n) is 8.90. The molecule has 3 nitrogen and oxygen atoms in total. The fourth-order valence-electron chi connectivity index (χ4n) is 1.22. The Hall–Kier alpha value is -1.77. The zero-order valence-corrected chi connectivity index (χ0v) is 8.90. The monoisotopic (exact) mass is 206 g/mol. The number of methoxy groups -OCH3 is 1. The first-order chi connectivity index (χ1) is 7.31. The van der Waals surface area contributed by atoms with Gasteiger partial charge in [0.15, 0.2) is 11.5 Å². The Labute approximate surface area is 89.3 Å². The lowest BCUT2D eigenvalue weighted by Gasteiger charge is -2.09. The van der Waals surface area contributed by atoms with Crippen molar-refractivity contribution in [1.82, 2.24) is 0 Å². The van der Waals surface area contributed by atoms with Gasteiger partial charge >= 0.3 is 0 Å². The molecule has 0 aliphatic carbocycles. The second-order valence-electron chi connectivity index (χ2n) is 2.84. The normalized spacial score (nSPS) is 10.3. The van der Waals surface area contributed by atoms with Gasteiger partial charge in [0.25, 0.3) is 0 Å². The molecule has 1 rings (SSSR count). The molecule has 80 valence electrons. The van der Waals surface area contributed by atoms with Gasteiger partial charge in [-0.25, -0.2) is 0 Å². The van der Waals surface area contributed by atoms with Crippen LogP contribution in [0.3, 0.4) is 0 Å². The predicted molar refractivity (Wildman–Crippen MR) is 59.3 cm³/mol. The molecule has 1 aromatic carbocycles. The van der Waals surface area contributed by atoms with E-state index in [9.17, 15) is 4.79 Å². The van der Waals surface area contributed by atoms with E-state index in [-0.39, 0.29) is 0 Å². The van der Waals surface area contributed by atoms with Crippen molar-refractivity contribution in [3.8, 4) is 11.5 Å². The summed E-state index contributed by atoms with van der Waals surface area (Å²) in [6, 6.07) is 5.51. The van der Waals surface area contributed by atoms with Crippen LogP contribution in [0.4, 0.5) is 0 Å². The van der Waals surface area contributed by atoms with E-state index in [2.05, 4.69) is 0 Å². The molecule has 0 spiro atoms. The van der Waals surface area contributed by atoms with Gasteiger partial charge in [0.05, 0.1) is 13.7 Å². The van der Waals surface area contributed by atoms with Crippen LogP contribution in [0.5, 0.6) is 11.5 Å². The second-order valence-corrected chi connectivity index (χ2v) is 2.84. The first-order valence-electron chi connectivity index (χ1n) is 4.74. The van der Waals surface area contributed by atoms with E-state index in [4.69, 9.17) is 9.47 Å². The molecule has 0 N–H and O–H groups in total. The molecule has 0 amide bonds. The summed E-state index contributed by atoms with van der Waals surface area (Å²) in [4.78, 5) is 10.2. The molecule has 3 heteroatoms. The fourth-order valence-corrected chi connectivity index (χ4v) is 1.22. The van der Waals surface area contributed by atoms with Gasteiger partial charge < -0.3 is 9.47 Å². The van der Waals surface area contributed by atoms with Crippen molar-refractivity contribution in [2.24, 2.45) is 0 Å². The first kappa shape index (κ1) is 11.3. The summed E-state index contributed by atoms with van der Waals surface area (Å²) >= 11 is 0. The third-order valence-electron chi connectivity index (χ3n) is 1.85. The van der Waals surface area contributed by atoms with Gasteiger partial charge in [-0.05, 0) is 30.7 Å². The largest absolute Gasteiger partial charge is 0.493 e. The lowest BCUT2D eigenvalue weighted by atomic mass is 10.2. The third-order valence-corrected chi connectivity index (χ3v) is 1.85. The number of hydrogen-bond acceptors (Lipinski definition) is 3. The zero-order chi connectivity index (χ0) is 11.1. The molecule has 0 heterocycles. The molecule has 0 radical (unpaired) electrons. The molecule has 0 aliphatic rings. The van der Waals surface area contributed by atoms with Crippen LogP contribution in [0.25, 0.3) is 6.08 Å². The van der Waals surface area contributed by atoms with E-state index in [1.807, 2.05) is 25.1 Å². The maximum absolute atomic E-state index is 10.2. The number of rotatable bonds is 5. The van der Waals surface area contributed by atoms with E-state index < -0.39 is 0 Å². The lowest BCUT2D eigenvalue weighted by Crippen LogP contribution is -1.95. The lowest BCUT2D eigenvalue weighted by molar-refractivity contribution is -0.104. The highest BCUT2D eigenvalue weighted by molar-refractivity contribution is 5.74. The minimum Gasteiger partial charge on any atom is -0.493 e. The highest BCUT2D eigenvalue weighted by Gasteiger charge is 2.03. The molecule has 0 bridgehead atoms. The molecular weight excluding hydrogens is 192 g/mol. The standard InChI is InChI=1S/C12H14O3/c1-3-15-12-9-10(5-4-8-13)6-7-11(12)14-2/h4-9H,3H2,1-2H3. The smallest absolute Gasteiger partial charge is 0.161 e. The van der Waals surface area contributed by atoms with E-state index in [0.29, 0.717) is 18.1 Å². The summed E-state index contributed by atoms with van der Waals surface area (Å²) in [5.41, 5.74) is 0.909. The molecule has 1 aromatic rings. The van der Waals surface area contributed by atoms with Gasteiger partial charge in [-0.3, -0.25) is 4.79 Å². The second kappa shape index (κ2) is 5.86. The number of hydrogen-bond donors (Lipinski definition) is 0. The van der Waals surface area contributed by atoms with Crippen LogP contribution in [0.15, 0.2) is 24.3 Å². The van der Waals surface area contributed by atoms with E-state index >= 15 is 0 Å². The minimum absolute atomic E-state index is 0.581. The van der Waals surface area contributed by atoms with Crippen molar-refractivity contribution >= 4 is 12.4 Å². The number of carbonyl (C=O) groups is 1. The highest BCUT2D eigenvalue weighted by Crippen LogP contribution is 2.28. The Bertz CT molecular complexity index is 356. The van der Waals surface area contributed by atoms with Crippen molar-refractivity contribution in [3.63, 3.8) is 0 Å². The average molecular weight is 206 g/mol. The summed E-state index contributed by atoms with van der Waals surface area (Å²) in [6.07, 6.45) is 3.90. The van der Waals surface area contributed by atoms with Crippen LogP contribution in [0, 0.1) is 0 Å². The molecule has 15 heavy (non-hydrogen) atoms. The van der Waals surface area contributed by atoms with Gasteiger partial charge in [-0.2, -0.15) is 0 Å². The Morgan fingerprint density at radius 1 is 1.33 bits per heavy atom. The Balaban J connectivity index is 2.98. The highest BCUT2D eigenvalue weighted by atomic mass is 16.5. The molecule has 0 unspecified atom stereocenters. The van der Waals surface area contributed by atoms with Crippen molar-refractivity contribution in [2.75, 3.05) is 13.7 Å². The number of carbonyl (C=O) groups excluding carboxylic acids is 1. The Morgan fingerprint density at radius 2 is 2.13 bits per heavy atom. The fraction of sp³-hybridized carbons (Fsp3) is 0.250. The van der Waals surface area contributed by atoms with Crippen LogP contribution in [-0.2, 0) is 4.79 Å². The van der Waals surface area contributed by atoms with Crippen LogP contribution >= 0.6 is 0 Å². The summed E-state index contributed by atoms with van der Waals surface area (Å²) < 4.78 is 10.5. The van der Waals surface area contributed by atoms with Crippen LogP contribution in [0.2, 0.25) is 0 Å². The molecule has 0 saturated heterocycles. The summed E-state index contributed by atoms with van der Waals surface area (Å²) in [5.74, 6) is 1.38. The van der Waals surface area contributed by atoms with Crippen molar-refractivity contribution in [2.45, 2.75) is 6.92 Å². The summed E-state index contributed by atoms with van der Waals surface area (Å²) in [6.45, 7) is 2.49. The van der Waals surface area contributed by atoms with Gasteiger partial charge in [0.2, 0.25) is 0 Å². The Kier molecular flexibility index (Phi) is 4.41. The molecule has 0 fully saturated rings. The number of allylic oxidation sites excluding steroid dienone is 1. The molecule has 0 saturated carbocycles.